The summed E-state index contributed by atoms with van der Waals surface area (Å²) in [5.41, 5.74) is -0.729. The van der Waals surface area contributed by atoms with Crippen LogP contribution in [0.15, 0.2) is 48.6 Å². The average Bonchev–Trinajstić information content (AvgIpc) is 3.75. The van der Waals surface area contributed by atoms with Crippen LogP contribution < -0.4 is 0 Å². The summed E-state index contributed by atoms with van der Waals surface area (Å²) >= 11 is 0. The van der Waals surface area contributed by atoms with E-state index in [1.807, 2.05) is 6.92 Å². The molecular formula is C41H66O6. The number of allylic oxidation sites excluding steroid dienone is 8. The summed E-state index contributed by atoms with van der Waals surface area (Å²) in [6, 6.07) is 0. The van der Waals surface area contributed by atoms with Gasteiger partial charge >= 0.3 is 17.9 Å². The number of ether oxygens (including phenoxy) is 3. The molecule has 1 fully saturated rings. The second-order valence-corrected chi connectivity index (χ2v) is 13.7. The summed E-state index contributed by atoms with van der Waals surface area (Å²) in [5.74, 6) is -1.07. The van der Waals surface area contributed by atoms with Gasteiger partial charge in [0.2, 0.25) is 0 Å². The Kier molecular flexibility index (Phi) is 22.7. The number of hydrogen-bond acceptors (Lipinski definition) is 6. The first-order valence-electron chi connectivity index (χ1n) is 19.0. The van der Waals surface area contributed by atoms with E-state index in [0.29, 0.717) is 19.6 Å². The van der Waals surface area contributed by atoms with Crippen molar-refractivity contribution < 1.29 is 28.6 Å². The lowest BCUT2D eigenvalue weighted by molar-refractivity contribution is -0.155. The van der Waals surface area contributed by atoms with E-state index in [1.54, 1.807) is 0 Å². The third-order valence-corrected chi connectivity index (χ3v) is 9.33. The molecule has 2 rings (SSSR count). The molecule has 3 unspecified atom stereocenters. The van der Waals surface area contributed by atoms with Crippen LogP contribution in [0, 0.1) is 11.3 Å². The van der Waals surface area contributed by atoms with Crippen LogP contribution in [0.3, 0.4) is 0 Å². The van der Waals surface area contributed by atoms with Crippen molar-refractivity contribution in [2.24, 2.45) is 11.3 Å². The van der Waals surface area contributed by atoms with Crippen LogP contribution in [0.2, 0.25) is 0 Å². The predicted octanol–water partition coefficient (Wildman–Crippen LogP) is 10.9. The van der Waals surface area contributed by atoms with Gasteiger partial charge in [-0.2, -0.15) is 0 Å². The molecule has 0 spiro atoms. The lowest BCUT2D eigenvalue weighted by Crippen LogP contribution is -2.22. The Balaban J connectivity index is 1.70. The molecule has 266 valence electrons. The van der Waals surface area contributed by atoms with E-state index in [4.69, 9.17) is 14.2 Å². The number of rotatable bonds is 1. The third-order valence-electron chi connectivity index (χ3n) is 9.33. The van der Waals surface area contributed by atoms with E-state index >= 15 is 0 Å². The smallest absolute Gasteiger partial charge is 0.312 e. The molecule has 1 aliphatic heterocycles. The van der Waals surface area contributed by atoms with Crippen LogP contribution in [0.5, 0.6) is 0 Å². The lowest BCUT2D eigenvalue weighted by atomic mass is 10.0. The van der Waals surface area contributed by atoms with Gasteiger partial charge in [-0.05, 0) is 103 Å². The van der Waals surface area contributed by atoms with Crippen molar-refractivity contribution >= 4 is 17.9 Å². The number of fused-ring (bicyclic) bond motifs is 1. The van der Waals surface area contributed by atoms with Crippen molar-refractivity contribution in [2.45, 2.75) is 168 Å². The van der Waals surface area contributed by atoms with Crippen LogP contribution >= 0.6 is 0 Å². The Labute approximate surface area is 286 Å². The van der Waals surface area contributed by atoms with Crippen molar-refractivity contribution in [3.63, 3.8) is 0 Å². The fourth-order valence-corrected chi connectivity index (χ4v) is 6.13. The Morgan fingerprint density at radius 2 is 1.04 bits per heavy atom. The van der Waals surface area contributed by atoms with Crippen molar-refractivity contribution in [2.75, 3.05) is 13.2 Å². The van der Waals surface area contributed by atoms with Crippen LogP contribution in [0.4, 0.5) is 0 Å². The second kappa shape index (κ2) is 26.3. The van der Waals surface area contributed by atoms with Crippen LogP contribution in [0.25, 0.3) is 0 Å². The maximum Gasteiger partial charge on any atom is 0.312 e. The van der Waals surface area contributed by atoms with Gasteiger partial charge in [0.1, 0.15) is 6.10 Å². The molecule has 2 aliphatic rings. The molecule has 1 aliphatic carbocycles. The lowest BCUT2D eigenvalue weighted by Gasteiger charge is -2.17. The second-order valence-electron chi connectivity index (χ2n) is 13.7. The van der Waals surface area contributed by atoms with Gasteiger partial charge in [-0.1, -0.05) is 100.0 Å². The van der Waals surface area contributed by atoms with Crippen LogP contribution in [-0.2, 0) is 28.6 Å². The Morgan fingerprint density at radius 1 is 0.617 bits per heavy atom. The fourth-order valence-electron chi connectivity index (χ4n) is 6.13. The monoisotopic (exact) mass is 654 g/mol. The summed E-state index contributed by atoms with van der Waals surface area (Å²) < 4.78 is 16.6. The Hall–Kier alpha value is -2.63. The van der Waals surface area contributed by atoms with Gasteiger partial charge in [0.25, 0.3) is 0 Å². The van der Waals surface area contributed by atoms with Crippen LogP contribution in [-0.4, -0.2) is 37.2 Å². The van der Waals surface area contributed by atoms with Gasteiger partial charge < -0.3 is 14.2 Å². The molecule has 0 amide bonds. The molecule has 1 heterocycles. The number of hydrogen-bond donors (Lipinski definition) is 0. The highest BCUT2D eigenvalue weighted by Gasteiger charge is 2.62. The molecule has 0 radical (unpaired) electrons. The molecule has 6 nitrogen and oxygen atoms in total. The van der Waals surface area contributed by atoms with E-state index in [9.17, 15) is 14.4 Å². The number of esters is 3. The minimum atomic E-state index is -0.729. The van der Waals surface area contributed by atoms with Crippen molar-refractivity contribution in [1.82, 2.24) is 0 Å². The third kappa shape index (κ3) is 20.4. The predicted molar refractivity (Wildman–Crippen MR) is 192 cm³/mol. The number of carbonyl (C=O) groups is 3. The van der Waals surface area contributed by atoms with E-state index in [2.05, 4.69) is 48.6 Å². The van der Waals surface area contributed by atoms with E-state index in [0.717, 1.165) is 77.0 Å². The SMILES string of the molecule is CC(=O)OC1CCCCCCCC/C=C\C/C=C\CCCOC(=O)C2CC2(C)C(=O)OCCC/C=C\C/C=C\CCCCCCCC1. The molecule has 0 N–H and O–H groups in total. The highest BCUT2D eigenvalue weighted by Crippen LogP contribution is 2.53. The molecule has 0 aromatic rings. The molecule has 0 saturated heterocycles. The van der Waals surface area contributed by atoms with Gasteiger partial charge in [0, 0.05) is 6.92 Å². The largest absolute Gasteiger partial charge is 0.465 e. The summed E-state index contributed by atoms with van der Waals surface area (Å²) in [4.78, 5) is 36.6. The molecule has 0 aromatic heterocycles. The fraction of sp³-hybridized carbons (Fsp3) is 0.732. The van der Waals surface area contributed by atoms with E-state index < -0.39 is 5.41 Å². The molecule has 47 heavy (non-hydrogen) atoms. The number of cyclic esters (lactones) is 2. The first-order chi connectivity index (χ1) is 22.9. The van der Waals surface area contributed by atoms with Crippen LogP contribution in [0.1, 0.15) is 162 Å². The quantitative estimate of drug-likeness (QED) is 0.159. The first kappa shape index (κ1) is 40.5. The number of carbonyl (C=O) groups excluding carboxylic acids is 3. The molecular weight excluding hydrogens is 588 g/mol. The Morgan fingerprint density at radius 3 is 1.53 bits per heavy atom. The van der Waals surface area contributed by atoms with Crippen molar-refractivity contribution in [3.05, 3.63) is 48.6 Å². The molecule has 1 saturated carbocycles. The van der Waals surface area contributed by atoms with E-state index in [-0.39, 0.29) is 29.9 Å². The molecule has 0 bridgehead atoms. The van der Waals surface area contributed by atoms with Gasteiger partial charge in [0.15, 0.2) is 0 Å². The van der Waals surface area contributed by atoms with E-state index in [1.165, 1.54) is 71.1 Å². The minimum absolute atomic E-state index is 0.0883. The standard InChI is InChI=1S/C41H66O6/c1-36(42)47-37-31-27-23-19-15-11-7-3-5-9-13-17-21-25-29-33-45-39(43)38-35-41(38,2)40(44)46-34-30-26-22-18-14-10-6-4-8-12-16-20-24-28-32-37/h5-6,9-10,17-18,21-22,37-38H,3-4,7-8,11-16,19-20,23-35H2,1-2H3/b9-5-,10-6-,21-17-,22-18-. The highest BCUT2D eigenvalue weighted by atomic mass is 16.5. The zero-order valence-electron chi connectivity index (χ0n) is 29.9. The van der Waals surface area contributed by atoms with Gasteiger partial charge in [-0.25, -0.2) is 0 Å². The summed E-state index contributed by atoms with van der Waals surface area (Å²) in [5, 5.41) is 0. The maximum atomic E-state index is 12.6. The minimum Gasteiger partial charge on any atom is -0.465 e. The zero-order chi connectivity index (χ0) is 33.8. The molecule has 6 heteroatoms. The zero-order valence-corrected chi connectivity index (χ0v) is 29.9. The van der Waals surface area contributed by atoms with Gasteiger partial charge in [-0.3, -0.25) is 14.4 Å². The topological polar surface area (TPSA) is 78.9 Å². The molecule has 0 aromatic carbocycles. The van der Waals surface area contributed by atoms with Crippen molar-refractivity contribution in [1.29, 1.82) is 0 Å². The Bertz CT molecular complexity index is 978. The average molecular weight is 655 g/mol. The highest BCUT2D eigenvalue weighted by molar-refractivity contribution is 5.90. The summed E-state index contributed by atoms with van der Waals surface area (Å²) in [6.07, 6.45) is 42.4. The maximum absolute atomic E-state index is 12.6. The first-order valence-corrected chi connectivity index (χ1v) is 19.0. The molecule has 3 atom stereocenters. The summed E-state index contributed by atoms with van der Waals surface area (Å²) in [6.45, 7) is 4.11. The van der Waals surface area contributed by atoms with Gasteiger partial charge in [-0.15, -0.1) is 0 Å². The summed E-state index contributed by atoms with van der Waals surface area (Å²) in [7, 11) is 0. The van der Waals surface area contributed by atoms with Crippen molar-refractivity contribution in [3.8, 4) is 0 Å². The normalized spacial score (nSPS) is 29.9. The van der Waals surface area contributed by atoms with Gasteiger partial charge in [0.05, 0.1) is 24.5 Å².